The van der Waals surface area contributed by atoms with Crippen LogP contribution in [-0.2, 0) is 24.3 Å². The predicted molar refractivity (Wildman–Crippen MR) is 111 cm³/mol. The first kappa shape index (κ1) is 21.6. The second-order valence-electron chi connectivity index (χ2n) is 6.60. The summed E-state index contributed by atoms with van der Waals surface area (Å²) in [4.78, 5) is 21.4. The minimum Gasteiger partial charge on any atom is -0.421 e. The zero-order valence-corrected chi connectivity index (χ0v) is 17.5. The van der Waals surface area contributed by atoms with Crippen LogP contribution in [0, 0.1) is 11.6 Å². The van der Waals surface area contributed by atoms with E-state index >= 15 is 0 Å². The van der Waals surface area contributed by atoms with Crippen molar-refractivity contribution in [3.8, 4) is 17.5 Å². The number of ether oxygens (including phenoxy) is 2. The van der Waals surface area contributed by atoms with Gasteiger partial charge >= 0.3 is 12.1 Å². The Hall–Kier alpha value is -3.64. The lowest BCUT2D eigenvalue weighted by molar-refractivity contribution is 0.134. The molecule has 32 heavy (non-hydrogen) atoms. The molecule has 2 aromatic carbocycles. The lowest BCUT2D eigenvalue weighted by atomic mass is 10.1. The first-order valence-electron chi connectivity index (χ1n) is 9.32. The second kappa shape index (κ2) is 9.24. The van der Waals surface area contributed by atoms with E-state index in [0.717, 1.165) is 0 Å². The van der Waals surface area contributed by atoms with Gasteiger partial charge in [0.1, 0.15) is 5.75 Å². The van der Waals surface area contributed by atoms with Gasteiger partial charge in [0.05, 0.1) is 18.8 Å². The van der Waals surface area contributed by atoms with Crippen LogP contribution in [0.1, 0.15) is 11.1 Å². The molecular weight excluding hydrogens is 444 g/mol. The lowest BCUT2D eigenvalue weighted by Gasteiger charge is -2.28. The average Bonchev–Trinajstić information content (AvgIpc) is 2.78. The van der Waals surface area contributed by atoms with Crippen molar-refractivity contribution in [2.45, 2.75) is 13.1 Å². The molecule has 1 aliphatic rings. The molecule has 0 saturated carbocycles. The summed E-state index contributed by atoms with van der Waals surface area (Å²) < 4.78 is 56.4. The third kappa shape index (κ3) is 4.65. The number of carbonyl (C=O) groups excluding carboxylic acids is 1. The minimum absolute atomic E-state index is 0.00720. The molecule has 1 amide bonds. The fourth-order valence-corrected chi connectivity index (χ4v) is 3.46. The summed E-state index contributed by atoms with van der Waals surface area (Å²) in [5, 5.41) is 0. The maximum absolute atomic E-state index is 14.8. The van der Waals surface area contributed by atoms with Crippen LogP contribution in [0.15, 0.2) is 48.8 Å². The van der Waals surface area contributed by atoms with E-state index < -0.39 is 28.9 Å². The van der Waals surface area contributed by atoms with E-state index in [4.69, 9.17) is 9.47 Å². The van der Waals surface area contributed by atoms with Gasteiger partial charge in [-0.05, 0) is 25.2 Å². The van der Waals surface area contributed by atoms with Crippen LogP contribution in [0.4, 0.5) is 19.3 Å². The van der Waals surface area contributed by atoms with E-state index in [1.54, 1.807) is 12.1 Å². The second-order valence-corrected chi connectivity index (χ2v) is 7.75. The van der Waals surface area contributed by atoms with Crippen LogP contribution in [-0.4, -0.2) is 32.2 Å². The summed E-state index contributed by atoms with van der Waals surface area (Å²) in [5.74, 6) is -1.43. The maximum Gasteiger partial charge on any atom is 0.415 e. The molecule has 0 aliphatic carbocycles. The van der Waals surface area contributed by atoms with Crippen LogP contribution in [0.2, 0.25) is 0 Å². The van der Waals surface area contributed by atoms with Gasteiger partial charge in [-0.1, -0.05) is 12.1 Å². The van der Waals surface area contributed by atoms with Crippen molar-refractivity contribution in [1.29, 1.82) is 0 Å². The summed E-state index contributed by atoms with van der Waals surface area (Å²) in [6.45, 7) is -0.143. The highest BCUT2D eigenvalue weighted by molar-refractivity contribution is 7.84. The first-order valence-corrected chi connectivity index (χ1v) is 10.5. The monoisotopic (exact) mass is 461 g/mol. The largest absolute Gasteiger partial charge is 0.421 e. The van der Waals surface area contributed by atoms with Gasteiger partial charge in [0, 0.05) is 29.6 Å². The SMILES string of the molecule is CNS(=O)Nc1cccc(CN2Cc3cc(F)c(Oc4ncccn4)cc3OC2=O)c1F. The molecule has 0 saturated heterocycles. The number of fused-ring (bicyclic) bond motifs is 1. The van der Waals surface area contributed by atoms with Crippen molar-refractivity contribution in [2.75, 3.05) is 11.8 Å². The third-order valence-electron chi connectivity index (χ3n) is 4.50. The molecule has 1 aliphatic heterocycles. The Bertz CT molecular complexity index is 1180. The van der Waals surface area contributed by atoms with Crippen LogP contribution >= 0.6 is 0 Å². The Morgan fingerprint density at radius 1 is 1.22 bits per heavy atom. The van der Waals surface area contributed by atoms with E-state index in [0.29, 0.717) is 5.56 Å². The summed E-state index contributed by atoms with van der Waals surface area (Å²) >= 11 is -1.67. The van der Waals surface area contributed by atoms with E-state index in [1.165, 1.54) is 48.6 Å². The fraction of sp³-hybridized carbons (Fsp3) is 0.150. The zero-order valence-electron chi connectivity index (χ0n) is 16.7. The Balaban J connectivity index is 1.53. The molecule has 4 rings (SSSR count). The number of aromatic nitrogens is 2. The van der Waals surface area contributed by atoms with E-state index in [-0.39, 0.29) is 41.8 Å². The van der Waals surface area contributed by atoms with Gasteiger partial charge in [-0.2, -0.15) is 0 Å². The summed E-state index contributed by atoms with van der Waals surface area (Å²) in [6.07, 6.45) is 2.15. The maximum atomic E-state index is 14.8. The molecular formula is C20H17F2N5O4S. The quantitative estimate of drug-likeness (QED) is 0.560. The molecule has 166 valence electrons. The van der Waals surface area contributed by atoms with Crippen LogP contribution in [0.5, 0.6) is 17.5 Å². The Labute approximate surface area is 184 Å². The van der Waals surface area contributed by atoms with E-state index in [1.807, 2.05) is 0 Å². The van der Waals surface area contributed by atoms with Gasteiger partial charge < -0.3 is 9.47 Å². The van der Waals surface area contributed by atoms with Crippen molar-refractivity contribution in [2.24, 2.45) is 0 Å². The molecule has 0 spiro atoms. The molecule has 9 nitrogen and oxygen atoms in total. The molecule has 2 N–H and O–H groups in total. The van der Waals surface area contributed by atoms with E-state index in [2.05, 4.69) is 19.4 Å². The highest BCUT2D eigenvalue weighted by atomic mass is 32.2. The van der Waals surface area contributed by atoms with Crippen molar-refractivity contribution in [3.05, 3.63) is 71.6 Å². The smallest absolute Gasteiger partial charge is 0.415 e. The summed E-state index contributed by atoms with van der Waals surface area (Å²) in [6, 6.07) is 8.42. The number of nitrogens with zero attached hydrogens (tertiary/aromatic N) is 3. The molecule has 0 fully saturated rings. The lowest BCUT2D eigenvalue weighted by Crippen LogP contribution is -2.36. The van der Waals surface area contributed by atoms with Crippen LogP contribution in [0.3, 0.4) is 0 Å². The van der Waals surface area contributed by atoms with Crippen LogP contribution < -0.4 is 18.9 Å². The molecule has 0 radical (unpaired) electrons. The standard InChI is InChI=1S/C20H17F2N5O4S/c1-23-32(29)26-15-5-2-4-12(18(15)22)10-27-11-13-8-14(21)17(9-16(13)31-20(27)28)30-19-24-6-3-7-25-19/h2-9,23,26H,10-11H2,1H3. The van der Waals surface area contributed by atoms with Gasteiger partial charge in [0.15, 0.2) is 28.6 Å². The van der Waals surface area contributed by atoms with Crippen molar-refractivity contribution in [1.82, 2.24) is 19.6 Å². The first-order chi connectivity index (χ1) is 15.4. The molecule has 2 heterocycles. The molecule has 1 aromatic heterocycles. The van der Waals surface area contributed by atoms with Crippen molar-refractivity contribution in [3.63, 3.8) is 0 Å². The topological polar surface area (TPSA) is 106 Å². The molecule has 1 unspecified atom stereocenters. The number of amides is 1. The highest BCUT2D eigenvalue weighted by Gasteiger charge is 2.28. The van der Waals surface area contributed by atoms with Crippen LogP contribution in [0.25, 0.3) is 0 Å². The number of hydrogen-bond acceptors (Lipinski definition) is 6. The molecule has 1 atom stereocenters. The Morgan fingerprint density at radius 2 is 2.00 bits per heavy atom. The number of hydrogen-bond donors (Lipinski definition) is 2. The van der Waals surface area contributed by atoms with Gasteiger partial charge in [0.25, 0.3) is 0 Å². The Kier molecular flexibility index (Phi) is 6.23. The number of halogens is 2. The molecule has 12 heteroatoms. The highest BCUT2D eigenvalue weighted by Crippen LogP contribution is 2.34. The van der Waals surface area contributed by atoms with Gasteiger partial charge in [-0.25, -0.2) is 32.5 Å². The zero-order chi connectivity index (χ0) is 22.7. The summed E-state index contributed by atoms with van der Waals surface area (Å²) in [5.41, 5.74) is 0.566. The van der Waals surface area contributed by atoms with E-state index in [9.17, 15) is 17.8 Å². The summed E-state index contributed by atoms with van der Waals surface area (Å²) in [7, 11) is 1.45. The van der Waals surface area contributed by atoms with Gasteiger partial charge in [-0.15, -0.1) is 0 Å². The number of carbonyl (C=O) groups is 1. The fourth-order valence-electron chi connectivity index (χ4n) is 3.00. The van der Waals surface area contributed by atoms with Crippen molar-refractivity contribution < 1.29 is 27.3 Å². The number of anilines is 1. The predicted octanol–water partition coefficient (Wildman–Crippen LogP) is 3.27. The van der Waals surface area contributed by atoms with Crippen molar-refractivity contribution >= 4 is 23.0 Å². The number of nitrogens with one attached hydrogen (secondary N) is 2. The normalized spacial score (nSPS) is 13.8. The number of rotatable bonds is 7. The average molecular weight is 461 g/mol. The van der Waals surface area contributed by atoms with Gasteiger partial charge in [0.2, 0.25) is 0 Å². The number of benzene rings is 2. The van der Waals surface area contributed by atoms with Gasteiger partial charge in [-0.3, -0.25) is 9.62 Å². The third-order valence-corrected chi connectivity index (χ3v) is 5.28. The molecule has 3 aromatic rings. The molecule has 0 bridgehead atoms. The Morgan fingerprint density at radius 3 is 2.75 bits per heavy atom. The minimum atomic E-state index is -1.67.